The van der Waals surface area contributed by atoms with E-state index < -0.39 is 21.6 Å². The van der Waals surface area contributed by atoms with E-state index >= 15 is 0 Å². The maximum Gasteiger partial charge on any atom is 0.339 e. The molecular weight excluding hydrogens is 280 g/mol. The summed E-state index contributed by atoms with van der Waals surface area (Å²) in [6.45, 7) is 3.71. The van der Waals surface area contributed by atoms with Crippen LogP contribution in [0.3, 0.4) is 0 Å². The van der Waals surface area contributed by atoms with Gasteiger partial charge in [0, 0.05) is 0 Å². The molecule has 2 aromatic rings. The van der Waals surface area contributed by atoms with Gasteiger partial charge >= 0.3 is 5.97 Å². The van der Waals surface area contributed by atoms with Gasteiger partial charge < -0.3 is 9.52 Å². The molecule has 5 nitrogen and oxygen atoms in total. The van der Waals surface area contributed by atoms with Crippen molar-refractivity contribution in [2.45, 2.75) is 24.5 Å². The second-order valence-electron chi connectivity index (χ2n) is 4.57. The molecule has 0 unspecified atom stereocenters. The molecule has 0 radical (unpaired) electrons. The smallest absolute Gasteiger partial charge is 0.339 e. The average Bonchev–Trinajstić information content (AvgIpc) is 2.80. The lowest BCUT2D eigenvalue weighted by molar-refractivity contribution is 0.0695. The number of sulfone groups is 1. The number of aromatic carboxylic acids is 1. The van der Waals surface area contributed by atoms with Gasteiger partial charge in [0.25, 0.3) is 0 Å². The first-order chi connectivity index (χ1) is 9.31. The van der Waals surface area contributed by atoms with E-state index in [0.717, 1.165) is 11.1 Å². The molecule has 0 aliphatic carbocycles. The van der Waals surface area contributed by atoms with E-state index in [9.17, 15) is 13.2 Å². The summed E-state index contributed by atoms with van der Waals surface area (Å²) in [6, 6.07) is 6.06. The lowest BCUT2D eigenvalue weighted by Crippen LogP contribution is -2.08. The van der Waals surface area contributed by atoms with Gasteiger partial charge in [-0.05, 0) is 43.2 Å². The standard InChI is InChI=1S/C14H14O5S/c1-9-3-4-11(7-10(9)2)20(17,18)8-13-12(14(15)16)5-6-19-13/h3-7H,8H2,1-2H3,(H,15,16). The largest absolute Gasteiger partial charge is 0.478 e. The zero-order valence-electron chi connectivity index (χ0n) is 11.1. The highest BCUT2D eigenvalue weighted by atomic mass is 32.2. The summed E-state index contributed by atoms with van der Waals surface area (Å²) in [5.74, 6) is -1.73. The normalized spacial score (nSPS) is 11.5. The Kier molecular flexibility index (Phi) is 3.67. The topological polar surface area (TPSA) is 84.6 Å². The van der Waals surface area contributed by atoms with Crippen LogP contribution < -0.4 is 0 Å². The van der Waals surface area contributed by atoms with Crippen molar-refractivity contribution in [1.29, 1.82) is 0 Å². The van der Waals surface area contributed by atoms with Crippen molar-refractivity contribution >= 4 is 15.8 Å². The fraction of sp³-hybridized carbons (Fsp3) is 0.214. The molecule has 0 aliphatic heterocycles. The molecule has 2 rings (SSSR count). The van der Waals surface area contributed by atoms with E-state index in [0.29, 0.717) is 0 Å². The van der Waals surface area contributed by atoms with Crippen molar-refractivity contribution in [1.82, 2.24) is 0 Å². The number of carbonyl (C=O) groups is 1. The molecule has 0 bridgehead atoms. The van der Waals surface area contributed by atoms with Crippen LogP contribution in [0.5, 0.6) is 0 Å². The minimum absolute atomic E-state index is 0.0595. The van der Waals surface area contributed by atoms with Gasteiger partial charge in [0.2, 0.25) is 0 Å². The molecule has 1 aromatic heterocycles. The van der Waals surface area contributed by atoms with Gasteiger partial charge in [0.05, 0.1) is 11.2 Å². The average molecular weight is 294 g/mol. The number of carboxylic acids is 1. The summed E-state index contributed by atoms with van der Waals surface area (Å²) in [5, 5.41) is 8.95. The van der Waals surface area contributed by atoms with Gasteiger partial charge in [-0.25, -0.2) is 13.2 Å². The zero-order valence-corrected chi connectivity index (χ0v) is 11.9. The van der Waals surface area contributed by atoms with Gasteiger partial charge in [-0.3, -0.25) is 0 Å². The third-order valence-electron chi connectivity index (χ3n) is 3.13. The van der Waals surface area contributed by atoms with Gasteiger partial charge in [0.1, 0.15) is 17.1 Å². The molecule has 1 heterocycles. The minimum atomic E-state index is -3.64. The van der Waals surface area contributed by atoms with Crippen molar-refractivity contribution in [2.75, 3.05) is 0 Å². The first-order valence-electron chi connectivity index (χ1n) is 5.91. The molecular formula is C14H14O5S. The Morgan fingerprint density at radius 1 is 1.20 bits per heavy atom. The molecule has 1 aromatic carbocycles. The molecule has 6 heteroatoms. The Morgan fingerprint density at radius 3 is 2.50 bits per heavy atom. The van der Waals surface area contributed by atoms with Crippen LogP contribution in [-0.4, -0.2) is 19.5 Å². The van der Waals surface area contributed by atoms with E-state index in [-0.39, 0.29) is 16.2 Å². The maximum atomic E-state index is 12.3. The predicted molar refractivity (Wildman–Crippen MR) is 72.5 cm³/mol. The summed E-state index contributed by atoms with van der Waals surface area (Å²) >= 11 is 0. The van der Waals surface area contributed by atoms with Crippen LogP contribution in [0.1, 0.15) is 27.2 Å². The molecule has 0 fully saturated rings. The van der Waals surface area contributed by atoms with Crippen LogP contribution in [0.2, 0.25) is 0 Å². The molecule has 0 saturated carbocycles. The quantitative estimate of drug-likeness (QED) is 0.936. The highest BCUT2D eigenvalue weighted by Crippen LogP contribution is 2.22. The minimum Gasteiger partial charge on any atom is -0.478 e. The molecule has 0 aliphatic rings. The summed E-state index contributed by atoms with van der Waals surface area (Å²) < 4.78 is 29.5. The van der Waals surface area contributed by atoms with Gasteiger partial charge in [0.15, 0.2) is 9.84 Å². The van der Waals surface area contributed by atoms with E-state index in [2.05, 4.69) is 0 Å². The zero-order chi connectivity index (χ0) is 14.9. The van der Waals surface area contributed by atoms with E-state index in [1.165, 1.54) is 18.4 Å². The highest BCUT2D eigenvalue weighted by molar-refractivity contribution is 7.90. The first kappa shape index (κ1) is 14.3. The van der Waals surface area contributed by atoms with Gasteiger partial charge in [-0.15, -0.1) is 0 Å². The number of hydrogen-bond donors (Lipinski definition) is 1. The van der Waals surface area contributed by atoms with Crippen LogP contribution in [0.15, 0.2) is 39.8 Å². The lowest BCUT2D eigenvalue weighted by atomic mass is 10.1. The molecule has 0 saturated heterocycles. The fourth-order valence-corrected chi connectivity index (χ4v) is 3.17. The summed E-state index contributed by atoms with van der Waals surface area (Å²) in [6.07, 6.45) is 1.18. The number of carboxylic acid groups (broad SMARTS) is 1. The number of rotatable bonds is 4. The summed E-state index contributed by atoms with van der Waals surface area (Å²) in [5.41, 5.74) is 1.73. The van der Waals surface area contributed by atoms with E-state index in [1.54, 1.807) is 12.1 Å². The Labute approximate surface area is 116 Å². The van der Waals surface area contributed by atoms with Crippen molar-refractivity contribution in [3.8, 4) is 0 Å². The highest BCUT2D eigenvalue weighted by Gasteiger charge is 2.22. The van der Waals surface area contributed by atoms with Gasteiger partial charge in [-0.1, -0.05) is 6.07 Å². The van der Waals surface area contributed by atoms with Crippen molar-refractivity contribution in [3.05, 3.63) is 53.0 Å². The maximum absolute atomic E-state index is 12.3. The fourth-order valence-electron chi connectivity index (χ4n) is 1.81. The van der Waals surface area contributed by atoms with Gasteiger partial charge in [-0.2, -0.15) is 0 Å². The number of hydrogen-bond acceptors (Lipinski definition) is 4. The lowest BCUT2D eigenvalue weighted by Gasteiger charge is -2.06. The number of aryl methyl sites for hydroxylation is 2. The second kappa shape index (κ2) is 5.13. The Hall–Kier alpha value is -2.08. The predicted octanol–water partition coefficient (Wildman–Crippen LogP) is 2.57. The van der Waals surface area contributed by atoms with Crippen molar-refractivity contribution in [3.63, 3.8) is 0 Å². The van der Waals surface area contributed by atoms with Crippen molar-refractivity contribution < 1.29 is 22.7 Å². The Morgan fingerprint density at radius 2 is 1.90 bits per heavy atom. The summed E-state index contributed by atoms with van der Waals surface area (Å²) in [7, 11) is -3.64. The number of benzene rings is 1. The SMILES string of the molecule is Cc1ccc(S(=O)(=O)Cc2occc2C(=O)O)cc1C. The number of furan rings is 1. The first-order valence-corrected chi connectivity index (χ1v) is 7.56. The van der Waals surface area contributed by atoms with Crippen LogP contribution in [0.4, 0.5) is 0 Å². The third-order valence-corrected chi connectivity index (χ3v) is 4.75. The van der Waals surface area contributed by atoms with E-state index in [4.69, 9.17) is 9.52 Å². The van der Waals surface area contributed by atoms with Crippen LogP contribution >= 0.6 is 0 Å². The molecule has 106 valence electrons. The van der Waals surface area contributed by atoms with Crippen molar-refractivity contribution in [2.24, 2.45) is 0 Å². The Balaban J connectivity index is 2.38. The van der Waals surface area contributed by atoms with Crippen LogP contribution in [-0.2, 0) is 15.6 Å². The second-order valence-corrected chi connectivity index (χ2v) is 6.56. The molecule has 0 atom stereocenters. The van der Waals surface area contributed by atoms with E-state index in [1.807, 2.05) is 13.8 Å². The molecule has 0 amide bonds. The monoisotopic (exact) mass is 294 g/mol. The summed E-state index contributed by atoms with van der Waals surface area (Å²) in [4.78, 5) is 11.1. The molecule has 1 N–H and O–H groups in total. The Bertz CT molecular complexity index is 756. The molecule has 20 heavy (non-hydrogen) atoms. The molecule has 0 spiro atoms. The van der Waals surface area contributed by atoms with Crippen LogP contribution in [0, 0.1) is 13.8 Å². The van der Waals surface area contributed by atoms with Crippen LogP contribution in [0.25, 0.3) is 0 Å². The third kappa shape index (κ3) is 2.75.